The fraction of sp³-hybridized carbons (Fsp3) is 0.667. The van der Waals surface area contributed by atoms with Gasteiger partial charge in [-0.2, -0.15) is 0 Å². The highest BCUT2D eigenvalue weighted by Crippen LogP contribution is 2.56. The molecule has 0 unspecified atom stereocenters. The van der Waals surface area contributed by atoms with Gasteiger partial charge in [0.15, 0.2) is 0 Å². The van der Waals surface area contributed by atoms with E-state index in [1.807, 2.05) is 19.9 Å². The molecule has 1 saturated heterocycles. The molecular formula is C15H20O4. The zero-order valence-corrected chi connectivity index (χ0v) is 11.3. The molecular weight excluding hydrogens is 244 g/mol. The lowest BCUT2D eigenvalue weighted by Gasteiger charge is -2.53. The fourth-order valence-corrected chi connectivity index (χ4v) is 4.12. The van der Waals surface area contributed by atoms with Gasteiger partial charge in [-0.3, -0.25) is 0 Å². The number of hydrogen-bond donors (Lipinski definition) is 2. The van der Waals surface area contributed by atoms with Crippen LogP contribution in [0.25, 0.3) is 0 Å². The monoisotopic (exact) mass is 264 g/mol. The minimum absolute atomic E-state index is 0.130. The second-order valence-corrected chi connectivity index (χ2v) is 6.30. The molecule has 6 atom stereocenters. The van der Waals surface area contributed by atoms with Gasteiger partial charge in [0.05, 0.1) is 12.2 Å². The van der Waals surface area contributed by atoms with Gasteiger partial charge >= 0.3 is 5.97 Å². The fourth-order valence-electron chi connectivity index (χ4n) is 4.12. The molecule has 0 spiro atoms. The molecule has 4 nitrogen and oxygen atoms in total. The van der Waals surface area contributed by atoms with Crippen molar-refractivity contribution in [3.8, 4) is 0 Å². The van der Waals surface area contributed by atoms with Gasteiger partial charge in [-0.25, -0.2) is 4.79 Å². The molecule has 3 aliphatic rings. The molecule has 2 aliphatic carbocycles. The minimum atomic E-state index is -0.649. The summed E-state index contributed by atoms with van der Waals surface area (Å²) in [4.78, 5) is 11.7. The van der Waals surface area contributed by atoms with Crippen LogP contribution in [0, 0.1) is 17.3 Å². The average Bonchev–Trinajstić information content (AvgIpc) is 2.62. The topological polar surface area (TPSA) is 66.8 Å². The van der Waals surface area contributed by atoms with Gasteiger partial charge in [0.2, 0.25) is 0 Å². The number of aliphatic hydroxyl groups excluding tert-OH is 2. The summed E-state index contributed by atoms with van der Waals surface area (Å²) in [5, 5.41) is 20.8. The molecule has 1 aliphatic heterocycles. The van der Waals surface area contributed by atoms with E-state index >= 15 is 0 Å². The van der Waals surface area contributed by atoms with Gasteiger partial charge in [-0.1, -0.05) is 25.2 Å². The van der Waals surface area contributed by atoms with Crippen molar-refractivity contribution in [2.24, 2.45) is 17.3 Å². The van der Waals surface area contributed by atoms with Crippen molar-refractivity contribution in [2.45, 2.75) is 45.0 Å². The molecule has 4 heteroatoms. The van der Waals surface area contributed by atoms with Crippen LogP contribution in [0.15, 0.2) is 23.8 Å². The van der Waals surface area contributed by atoms with Gasteiger partial charge in [0, 0.05) is 22.8 Å². The van der Waals surface area contributed by atoms with Crippen LogP contribution in [0.3, 0.4) is 0 Å². The summed E-state index contributed by atoms with van der Waals surface area (Å²) in [6.07, 6.45) is 1.42. The molecule has 2 fully saturated rings. The lowest BCUT2D eigenvalue weighted by Crippen LogP contribution is -2.59. The molecule has 0 aromatic carbocycles. The molecule has 1 heterocycles. The predicted octanol–water partition coefficient (Wildman–Crippen LogP) is 1.18. The van der Waals surface area contributed by atoms with Crippen LogP contribution in [-0.2, 0) is 9.53 Å². The summed E-state index contributed by atoms with van der Waals surface area (Å²) < 4.78 is 5.48. The smallest absolute Gasteiger partial charge is 0.334 e. The first kappa shape index (κ1) is 12.9. The maximum Gasteiger partial charge on any atom is 0.334 e. The van der Waals surface area contributed by atoms with Gasteiger partial charge in [-0.15, -0.1) is 0 Å². The average molecular weight is 264 g/mol. The van der Waals surface area contributed by atoms with Crippen molar-refractivity contribution >= 4 is 5.97 Å². The molecule has 3 rings (SSSR count). The minimum Gasteiger partial charge on any atom is -0.458 e. The quantitative estimate of drug-likeness (QED) is 0.392. The van der Waals surface area contributed by atoms with E-state index in [2.05, 4.69) is 6.58 Å². The van der Waals surface area contributed by atoms with Crippen molar-refractivity contribution in [3.63, 3.8) is 0 Å². The van der Waals surface area contributed by atoms with Crippen LogP contribution < -0.4 is 0 Å². The lowest BCUT2D eigenvalue weighted by atomic mass is 9.54. The Morgan fingerprint density at radius 2 is 2.11 bits per heavy atom. The molecule has 0 amide bonds. The number of esters is 1. The van der Waals surface area contributed by atoms with Crippen LogP contribution in [0.2, 0.25) is 0 Å². The number of fused-ring (bicyclic) bond motifs is 3. The van der Waals surface area contributed by atoms with Crippen LogP contribution in [0.5, 0.6) is 0 Å². The van der Waals surface area contributed by atoms with Crippen molar-refractivity contribution in [1.29, 1.82) is 0 Å². The second-order valence-electron chi connectivity index (χ2n) is 6.30. The highest BCUT2D eigenvalue weighted by molar-refractivity contribution is 5.91. The molecule has 19 heavy (non-hydrogen) atoms. The van der Waals surface area contributed by atoms with Crippen LogP contribution >= 0.6 is 0 Å². The van der Waals surface area contributed by atoms with E-state index in [0.29, 0.717) is 18.4 Å². The summed E-state index contributed by atoms with van der Waals surface area (Å²) in [6.45, 7) is 7.67. The Bertz CT molecular complexity index is 481. The standard InChI is InChI=1S/C15H20O4/c1-7-4-5-10(16)15(3)11(17)6-9-8(2)14(18)19-13(9)12(7)15/h4,9-13,16-17H,2,5-6H2,1,3H3/t9-,10-,11+,12+,13-,15+/m0/s1. The van der Waals surface area contributed by atoms with Gasteiger partial charge in [0.1, 0.15) is 6.10 Å². The van der Waals surface area contributed by atoms with E-state index in [1.165, 1.54) is 0 Å². The van der Waals surface area contributed by atoms with Gasteiger partial charge < -0.3 is 14.9 Å². The first-order valence-corrected chi connectivity index (χ1v) is 6.80. The third-order valence-corrected chi connectivity index (χ3v) is 5.41. The predicted molar refractivity (Wildman–Crippen MR) is 69.1 cm³/mol. The normalized spacial score (nSPS) is 49.3. The first-order chi connectivity index (χ1) is 8.87. The summed E-state index contributed by atoms with van der Waals surface area (Å²) in [6, 6.07) is 0. The molecule has 0 aromatic heterocycles. The summed E-state index contributed by atoms with van der Waals surface area (Å²) in [7, 11) is 0. The SMILES string of the molecule is C=C1C(=O)O[C@@H]2[C@H]3C(C)=CC[C@H](O)[C@]3(C)[C@H](O)C[C@@H]12. The maximum atomic E-state index is 11.7. The number of carbonyl (C=O) groups excluding carboxylic acids is 1. The second kappa shape index (κ2) is 3.93. The molecule has 104 valence electrons. The lowest BCUT2D eigenvalue weighted by molar-refractivity contribution is -0.169. The zero-order chi connectivity index (χ0) is 13.9. The van der Waals surface area contributed by atoms with Crippen molar-refractivity contribution < 1.29 is 19.7 Å². The zero-order valence-electron chi connectivity index (χ0n) is 11.3. The van der Waals surface area contributed by atoms with E-state index in [4.69, 9.17) is 4.74 Å². The van der Waals surface area contributed by atoms with Crippen LogP contribution in [-0.4, -0.2) is 34.5 Å². The molecule has 0 aromatic rings. The Hall–Kier alpha value is -1.13. The van der Waals surface area contributed by atoms with Crippen molar-refractivity contribution in [1.82, 2.24) is 0 Å². The number of rotatable bonds is 0. The molecule has 2 N–H and O–H groups in total. The molecule has 0 radical (unpaired) electrons. The Balaban J connectivity index is 2.08. The van der Waals surface area contributed by atoms with E-state index in [9.17, 15) is 15.0 Å². The van der Waals surface area contributed by atoms with Crippen LogP contribution in [0.4, 0.5) is 0 Å². The van der Waals surface area contributed by atoms with E-state index in [-0.39, 0.29) is 23.9 Å². The number of aliphatic hydroxyl groups is 2. The van der Waals surface area contributed by atoms with Gasteiger partial charge in [-0.05, 0) is 19.8 Å². The largest absolute Gasteiger partial charge is 0.458 e. The van der Waals surface area contributed by atoms with Crippen molar-refractivity contribution in [2.75, 3.05) is 0 Å². The third-order valence-electron chi connectivity index (χ3n) is 5.41. The summed E-state index contributed by atoms with van der Waals surface area (Å²) in [5.41, 5.74) is 0.897. The molecule has 1 saturated carbocycles. The Morgan fingerprint density at radius 3 is 2.79 bits per heavy atom. The van der Waals surface area contributed by atoms with E-state index in [0.717, 1.165) is 5.57 Å². The highest BCUT2D eigenvalue weighted by atomic mass is 16.6. The summed E-state index contributed by atoms with van der Waals surface area (Å²) >= 11 is 0. The summed E-state index contributed by atoms with van der Waals surface area (Å²) in [5.74, 6) is -0.623. The first-order valence-electron chi connectivity index (χ1n) is 6.80. The van der Waals surface area contributed by atoms with E-state index in [1.54, 1.807) is 0 Å². The Labute approximate surface area is 112 Å². The van der Waals surface area contributed by atoms with Crippen LogP contribution in [0.1, 0.15) is 26.7 Å². The number of ether oxygens (including phenoxy) is 1. The van der Waals surface area contributed by atoms with E-state index < -0.39 is 17.6 Å². The Kier molecular flexibility index (Phi) is 2.67. The molecule has 0 bridgehead atoms. The highest BCUT2D eigenvalue weighted by Gasteiger charge is 2.61. The maximum absolute atomic E-state index is 11.7. The third kappa shape index (κ3) is 1.50. The van der Waals surface area contributed by atoms with Crippen molar-refractivity contribution in [3.05, 3.63) is 23.8 Å². The number of hydrogen-bond acceptors (Lipinski definition) is 4. The number of carbonyl (C=O) groups is 1. The Morgan fingerprint density at radius 1 is 1.42 bits per heavy atom. The van der Waals surface area contributed by atoms with Gasteiger partial charge in [0.25, 0.3) is 0 Å².